The molecule has 2 aliphatic carbocycles. The van der Waals surface area contributed by atoms with Gasteiger partial charge in [0, 0.05) is 23.2 Å². The minimum absolute atomic E-state index is 0.0524. The highest BCUT2D eigenvalue weighted by atomic mass is 16.5. The summed E-state index contributed by atoms with van der Waals surface area (Å²) in [5.74, 6) is 2.20. The summed E-state index contributed by atoms with van der Waals surface area (Å²) in [6.07, 6.45) is 13.1. The van der Waals surface area contributed by atoms with Crippen LogP contribution in [0.4, 0.5) is 5.82 Å². The van der Waals surface area contributed by atoms with Gasteiger partial charge in [0.15, 0.2) is 0 Å². The van der Waals surface area contributed by atoms with Crippen LogP contribution in [-0.2, 0) is 4.79 Å². The first-order valence-electron chi connectivity index (χ1n) is 11.5. The standard InChI is InChI=1S/C24H25N7O2/c1-2-33-19-5-20(23-16(9-25)10-29-30(23)13-19)21-11-27-22(12-26-21)31-17-3-15-4-18(31)8-24(6-15,7-17)28-14-32/h5,10-15,17-18H,2-4,6-8H2,1H3,(H,28,32). The van der Waals surface area contributed by atoms with Crippen molar-refractivity contribution in [1.29, 1.82) is 5.26 Å². The van der Waals surface area contributed by atoms with Gasteiger partial charge in [0.05, 0.1) is 48.2 Å². The Balaban J connectivity index is 1.35. The molecule has 2 unspecified atom stereocenters. The van der Waals surface area contributed by atoms with E-state index >= 15 is 0 Å². The fourth-order valence-corrected chi connectivity index (χ4v) is 6.51. The topological polar surface area (TPSA) is 108 Å². The van der Waals surface area contributed by atoms with Crippen molar-refractivity contribution in [2.45, 2.75) is 56.7 Å². The van der Waals surface area contributed by atoms with E-state index in [0.29, 0.717) is 47.1 Å². The van der Waals surface area contributed by atoms with Crippen LogP contribution >= 0.6 is 0 Å². The Hall–Kier alpha value is -3.67. The van der Waals surface area contributed by atoms with Gasteiger partial charge in [-0.3, -0.25) is 9.78 Å². The second-order valence-electron chi connectivity index (χ2n) is 9.45. The van der Waals surface area contributed by atoms with Crippen LogP contribution in [-0.4, -0.2) is 50.2 Å². The Morgan fingerprint density at radius 2 is 2.06 bits per heavy atom. The van der Waals surface area contributed by atoms with Crippen molar-refractivity contribution in [2.75, 3.05) is 11.5 Å². The van der Waals surface area contributed by atoms with Crippen molar-refractivity contribution in [3.8, 4) is 23.1 Å². The monoisotopic (exact) mass is 443 g/mol. The first kappa shape index (κ1) is 20.0. The molecule has 33 heavy (non-hydrogen) atoms. The molecule has 1 N–H and O–H groups in total. The molecule has 9 nitrogen and oxygen atoms in total. The number of nitrogens with zero attached hydrogens (tertiary/aromatic N) is 6. The van der Waals surface area contributed by atoms with Crippen LogP contribution in [0.2, 0.25) is 0 Å². The number of hydrogen-bond donors (Lipinski definition) is 1. The molecule has 3 aromatic rings. The van der Waals surface area contributed by atoms with E-state index in [1.807, 2.05) is 19.2 Å². The summed E-state index contributed by atoms with van der Waals surface area (Å²) >= 11 is 0. The highest BCUT2D eigenvalue weighted by Gasteiger charge is 2.54. The summed E-state index contributed by atoms with van der Waals surface area (Å²) < 4.78 is 7.36. The van der Waals surface area contributed by atoms with Crippen molar-refractivity contribution in [3.05, 3.63) is 36.4 Å². The van der Waals surface area contributed by atoms with Crippen LogP contribution in [0.3, 0.4) is 0 Å². The number of nitriles is 1. The van der Waals surface area contributed by atoms with Crippen molar-refractivity contribution in [2.24, 2.45) is 5.92 Å². The lowest BCUT2D eigenvalue weighted by Crippen LogP contribution is -2.68. The van der Waals surface area contributed by atoms with E-state index in [1.165, 1.54) is 0 Å². The smallest absolute Gasteiger partial charge is 0.207 e. The molecule has 3 aromatic heterocycles. The van der Waals surface area contributed by atoms with Crippen LogP contribution in [0, 0.1) is 17.2 Å². The van der Waals surface area contributed by atoms with Crippen LogP contribution in [0.25, 0.3) is 16.8 Å². The van der Waals surface area contributed by atoms with Gasteiger partial charge in [-0.1, -0.05) is 0 Å². The van der Waals surface area contributed by atoms with Crippen molar-refractivity contribution in [3.63, 3.8) is 0 Å². The fourth-order valence-electron chi connectivity index (χ4n) is 6.51. The zero-order chi connectivity index (χ0) is 22.6. The Morgan fingerprint density at radius 1 is 1.24 bits per heavy atom. The molecule has 2 saturated carbocycles. The fraction of sp³-hybridized carbons (Fsp3) is 0.458. The molecule has 5 heterocycles. The number of anilines is 1. The number of carbonyl (C=O) groups is 1. The van der Waals surface area contributed by atoms with E-state index in [2.05, 4.69) is 21.4 Å². The molecule has 7 rings (SSSR count). The number of fused-ring (bicyclic) bond motifs is 1. The Bertz CT molecular complexity index is 1250. The van der Waals surface area contributed by atoms with Gasteiger partial charge in [0.2, 0.25) is 6.41 Å². The predicted molar refractivity (Wildman–Crippen MR) is 121 cm³/mol. The first-order valence-corrected chi connectivity index (χ1v) is 11.5. The number of piperidine rings is 2. The zero-order valence-electron chi connectivity index (χ0n) is 18.4. The second kappa shape index (κ2) is 7.44. The lowest BCUT2D eigenvalue weighted by molar-refractivity contribution is -0.113. The van der Waals surface area contributed by atoms with E-state index in [1.54, 1.807) is 23.1 Å². The van der Waals surface area contributed by atoms with Crippen molar-refractivity contribution >= 4 is 17.7 Å². The molecule has 0 spiro atoms. The molecule has 0 aromatic carbocycles. The van der Waals surface area contributed by atoms with Gasteiger partial charge in [0.1, 0.15) is 17.6 Å². The predicted octanol–water partition coefficient (Wildman–Crippen LogP) is 2.70. The van der Waals surface area contributed by atoms with Gasteiger partial charge >= 0.3 is 0 Å². The van der Waals surface area contributed by atoms with Gasteiger partial charge in [0.25, 0.3) is 0 Å². The average molecular weight is 444 g/mol. The number of carbonyl (C=O) groups excluding carboxylic acids is 1. The molecule has 4 aliphatic rings. The molecule has 2 saturated heterocycles. The molecule has 168 valence electrons. The maximum Gasteiger partial charge on any atom is 0.207 e. The second-order valence-corrected chi connectivity index (χ2v) is 9.45. The average Bonchev–Trinajstić information content (AvgIpc) is 3.22. The lowest BCUT2D eigenvalue weighted by atomic mass is 9.59. The van der Waals surface area contributed by atoms with E-state index in [4.69, 9.17) is 14.7 Å². The number of hydrogen-bond acceptors (Lipinski definition) is 7. The quantitative estimate of drug-likeness (QED) is 0.584. The van der Waals surface area contributed by atoms with Crippen molar-refractivity contribution < 1.29 is 9.53 Å². The molecule has 4 bridgehead atoms. The molecule has 9 heteroatoms. The third-order valence-electron chi connectivity index (χ3n) is 7.49. The Morgan fingerprint density at radius 3 is 2.73 bits per heavy atom. The Kier molecular flexibility index (Phi) is 4.50. The number of ether oxygens (including phenoxy) is 1. The zero-order valence-corrected chi connectivity index (χ0v) is 18.4. The summed E-state index contributed by atoms with van der Waals surface area (Å²) in [4.78, 5) is 23.2. The third kappa shape index (κ3) is 3.12. The van der Waals surface area contributed by atoms with E-state index in [9.17, 15) is 10.1 Å². The number of pyridine rings is 1. The van der Waals surface area contributed by atoms with Crippen LogP contribution < -0.4 is 15.0 Å². The van der Waals surface area contributed by atoms with Gasteiger partial charge in [-0.05, 0) is 51.0 Å². The molecular weight excluding hydrogens is 418 g/mol. The third-order valence-corrected chi connectivity index (χ3v) is 7.49. The molecule has 2 atom stereocenters. The Labute approximate surface area is 191 Å². The van der Waals surface area contributed by atoms with E-state index in [0.717, 1.165) is 49.9 Å². The number of aromatic nitrogens is 4. The maximum atomic E-state index is 11.2. The van der Waals surface area contributed by atoms with E-state index < -0.39 is 0 Å². The minimum atomic E-state index is -0.0524. The molecule has 1 amide bonds. The molecule has 2 aliphatic heterocycles. The minimum Gasteiger partial charge on any atom is -0.492 e. The highest BCUT2D eigenvalue weighted by Crippen LogP contribution is 2.52. The molecule has 0 radical (unpaired) electrons. The van der Waals surface area contributed by atoms with Crippen LogP contribution in [0.1, 0.15) is 44.6 Å². The van der Waals surface area contributed by atoms with Gasteiger partial charge in [-0.25, -0.2) is 9.50 Å². The van der Waals surface area contributed by atoms with Gasteiger partial charge in [-0.15, -0.1) is 0 Å². The summed E-state index contributed by atoms with van der Waals surface area (Å²) in [7, 11) is 0. The summed E-state index contributed by atoms with van der Waals surface area (Å²) in [5, 5.41) is 17.0. The summed E-state index contributed by atoms with van der Waals surface area (Å²) in [5.41, 5.74) is 2.56. The molecular formula is C24H25N7O2. The SMILES string of the molecule is CCOc1cc(-c2cnc(N3C4CC5CC3CC(NC=O)(C5)C4)cn2)c2c(C#N)cnn2c1. The van der Waals surface area contributed by atoms with Gasteiger partial charge < -0.3 is 15.0 Å². The first-order chi connectivity index (χ1) is 16.1. The molecule has 4 fully saturated rings. The van der Waals surface area contributed by atoms with Crippen LogP contribution in [0.15, 0.2) is 30.9 Å². The largest absolute Gasteiger partial charge is 0.492 e. The summed E-state index contributed by atoms with van der Waals surface area (Å²) in [6.45, 7) is 2.46. The number of nitrogens with one attached hydrogen (secondary N) is 1. The normalized spacial score (nSPS) is 27.5. The van der Waals surface area contributed by atoms with Crippen molar-refractivity contribution in [1.82, 2.24) is 24.9 Å². The van der Waals surface area contributed by atoms with Crippen LogP contribution in [0.5, 0.6) is 5.75 Å². The number of rotatable bonds is 6. The number of amides is 1. The summed E-state index contributed by atoms with van der Waals surface area (Å²) in [6, 6.07) is 4.85. The lowest BCUT2D eigenvalue weighted by Gasteiger charge is -2.61. The maximum absolute atomic E-state index is 11.2. The highest BCUT2D eigenvalue weighted by molar-refractivity contribution is 5.83. The van der Waals surface area contributed by atoms with E-state index in [-0.39, 0.29) is 5.54 Å². The van der Waals surface area contributed by atoms with Gasteiger partial charge in [-0.2, -0.15) is 10.4 Å².